The van der Waals surface area contributed by atoms with E-state index in [0.717, 1.165) is 19.4 Å². The van der Waals surface area contributed by atoms with Gasteiger partial charge < -0.3 is 9.72 Å². The number of imidazole rings is 1. The maximum atomic E-state index is 12.3. The number of hydrogen-bond donors (Lipinski definition) is 1. The molecule has 0 bridgehead atoms. The molecule has 1 aliphatic heterocycles. The van der Waals surface area contributed by atoms with Gasteiger partial charge in [0.2, 0.25) is 0 Å². The van der Waals surface area contributed by atoms with Gasteiger partial charge in [0.1, 0.15) is 5.82 Å². The van der Waals surface area contributed by atoms with E-state index in [-0.39, 0.29) is 10.9 Å². The molecule has 6 nitrogen and oxygen atoms in total. The first kappa shape index (κ1) is 14.5. The van der Waals surface area contributed by atoms with E-state index in [1.165, 1.54) is 10.5 Å². The Morgan fingerprint density at radius 3 is 2.95 bits per heavy atom. The lowest BCUT2D eigenvalue weighted by Gasteiger charge is -2.26. The van der Waals surface area contributed by atoms with Gasteiger partial charge >= 0.3 is 0 Å². The lowest BCUT2D eigenvalue weighted by molar-refractivity contribution is 0.0495. The predicted molar refractivity (Wildman–Crippen MR) is 71.3 cm³/mol. The summed E-state index contributed by atoms with van der Waals surface area (Å²) in [6.45, 7) is 3.84. The summed E-state index contributed by atoms with van der Waals surface area (Å²) in [5.74, 6) is 0.968. The lowest BCUT2D eigenvalue weighted by atomic mass is 10.0. The number of aryl methyl sites for hydroxylation is 1. The van der Waals surface area contributed by atoms with Gasteiger partial charge in [-0.1, -0.05) is 6.92 Å². The van der Waals surface area contributed by atoms with Crippen LogP contribution in [-0.2, 0) is 21.2 Å². The quantitative estimate of drug-likeness (QED) is 0.877. The monoisotopic (exact) mass is 287 g/mol. The zero-order valence-corrected chi connectivity index (χ0v) is 12.2. The number of H-pyrrole nitrogens is 1. The smallest absolute Gasteiger partial charge is 0.259 e. The number of rotatable bonds is 5. The Hall–Kier alpha value is -0.920. The summed E-state index contributed by atoms with van der Waals surface area (Å²) < 4.78 is 31.5. The molecular weight excluding hydrogens is 266 g/mol. The number of hydrogen-bond acceptors (Lipinski definition) is 4. The first-order valence-electron chi connectivity index (χ1n) is 6.62. The third kappa shape index (κ3) is 3.34. The molecule has 2 rings (SSSR count). The van der Waals surface area contributed by atoms with E-state index < -0.39 is 10.0 Å². The molecule has 19 heavy (non-hydrogen) atoms. The fraction of sp³-hybridized carbons (Fsp3) is 0.750. The van der Waals surface area contributed by atoms with E-state index in [0.29, 0.717) is 25.4 Å². The van der Waals surface area contributed by atoms with Crippen molar-refractivity contribution >= 4 is 10.0 Å². The van der Waals surface area contributed by atoms with Crippen LogP contribution in [0.4, 0.5) is 0 Å². The number of aromatic amines is 1. The maximum Gasteiger partial charge on any atom is 0.259 e. The van der Waals surface area contributed by atoms with Crippen molar-refractivity contribution in [2.45, 2.75) is 31.2 Å². The molecule has 0 spiro atoms. The van der Waals surface area contributed by atoms with Crippen LogP contribution in [0.5, 0.6) is 0 Å². The summed E-state index contributed by atoms with van der Waals surface area (Å²) in [5, 5.41) is 0.170. The summed E-state index contributed by atoms with van der Waals surface area (Å²) >= 11 is 0. The third-order valence-electron chi connectivity index (χ3n) is 3.40. The van der Waals surface area contributed by atoms with Crippen molar-refractivity contribution < 1.29 is 13.2 Å². The minimum Gasteiger partial charge on any atom is -0.381 e. The molecule has 1 atom stereocenters. The topological polar surface area (TPSA) is 75.3 Å². The highest BCUT2D eigenvalue weighted by atomic mass is 32.2. The molecule has 1 N–H and O–H groups in total. The number of nitrogens with one attached hydrogen (secondary N) is 1. The first-order chi connectivity index (χ1) is 9.04. The Labute approximate surface area is 114 Å². The Bertz CT molecular complexity index is 506. The van der Waals surface area contributed by atoms with Gasteiger partial charge in [0.15, 0.2) is 5.03 Å². The number of sulfonamides is 1. The van der Waals surface area contributed by atoms with Crippen molar-refractivity contribution in [3.05, 3.63) is 12.0 Å². The fourth-order valence-electron chi connectivity index (χ4n) is 2.24. The second kappa shape index (κ2) is 6.02. The van der Waals surface area contributed by atoms with Crippen LogP contribution in [-0.4, -0.2) is 49.5 Å². The molecule has 108 valence electrons. The van der Waals surface area contributed by atoms with E-state index in [9.17, 15) is 8.42 Å². The fourth-order valence-corrected chi connectivity index (χ4v) is 3.41. The average Bonchev–Trinajstić information content (AvgIpc) is 2.89. The van der Waals surface area contributed by atoms with Gasteiger partial charge in [0.05, 0.1) is 12.8 Å². The molecule has 1 aromatic heterocycles. The average molecular weight is 287 g/mol. The van der Waals surface area contributed by atoms with Crippen LogP contribution in [0.25, 0.3) is 0 Å². The first-order valence-corrected chi connectivity index (χ1v) is 8.06. The highest BCUT2D eigenvalue weighted by Crippen LogP contribution is 2.18. The molecule has 1 unspecified atom stereocenters. The summed E-state index contributed by atoms with van der Waals surface area (Å²) in [6, 6.07) is 0. The largest absolute Gasteiger partial charge is 0.381 e. The van der Waals surface area contributed by atoms with E-state index in [2.05, 4.69) is 9.97 Å². The Morgan fingerprint density at radius 2 is 2.37 bits per heavy atom. The van der Waals surface area contributed by atoms with Gasteiger partial charge in [-0.3, -0.25) is 0 Å². The van der Waals surface area contributed by atoms with Crippen LogP contribution >= 0.6 is 0 Å². The van der Waals surface area contributed by atoms with Crippen LogP contribution in [0, 0.1) is 5.92 Å². The number of ether oxygens (including phenoxy) is 1. The van der Waals surface area contributed by atoms with Crippen molar-refractivity contribution in [1.29, 1.82) is 0 Å². The molecule has 7 heteroatoms. The number of nitrogens with zero attached hydrogens (tertiary/aromatic N) is 2. The van der Waals surface area contributed by atoms with Gasteiger partial charge in [-0.2, -0.15) is 4.31 Å². The molecule has 1 fully saturated rings. The minimum atomic E-state index is -3.47. The SMILES string of the molecule is CCc1ncc(S(=O)(=O)N(C)CC2CCCOC2)[nH]1. The van der Waals surface area contributed by atoms with E-state index in [1.54, 1.807) is 7.05 Å². The molecule has 0 amide bonds. The predicted octanol–water partition coefficient (Wildman–Crippen LogP) is 1.02. The van der Waals surface area contributed by atoms with Gasteiger partial charge in [-0.25, -0.2) is 13.4 Å². The van der Waals surface area contributed by atoms with E-state index >= 15 is 0 Å². The second-order valence-electron chi connectivity index (χ2n) is 4.92. The van der Waals surface area contributed by atoms with Crippen molar-refractivity contribution in [3.63, 3.8) is 0 Å². The molecule has 0 aromatic carbocycles. The molecular formula is C12H21N3O3S. The van der Waals surface area contributed by atoms with E-state index in [4.69, 9.17) is 4.74 Å². The van der Waals surface area contributed by atoms with Crippen molar-refractivity contribution in [2.75, 3.05) is 26.8 Å². The molecule has 0 aliphatic carbocycles. The van der Waals surface area contributed by atoms with Crippen LogP contribution in [0.1, 0.15) is 25.6 Å². The Balaban J connectivity index is 2.05. The van der Waals surface area contributed by atoms with Crippen molar-refractivity contribution in [1.82, 2.24) is 14.3 Å². The third-order valence-corrected chi connectivity index (χ3v) is 5.13. The standard InChI is InChI=1S/C12H21N3O3S/c1-3-11-13-7-12(14-11)19(16,17)15(2)8-10-5-4-6-18-9-10/h7,10H,3-6,8-9H2,1-2H3,(H,13,14). The zero-order valence-electron chi connectivity index (χ0n) is 11.4. The highest BCUT2D eigenvalue weighted by Gasteiger charge is 2.26. The van der Waals surface area contributed by atoms with Gasteiger partial charge in [0.25, 0.3) is 10.0 Å². The van der Waals surface area contributed by atoms with Crippen molar-refractivity contribution in [3.8, 4) is 0 Å². The molecule has 1 aliphatic rings. The minimum absolute atomic E-state index is 0.170. The lowest BCUT2D eigenvalue weighted by Crippen LogP contribution is -2.35. The molecule has 1 aromatic rings. The van der Waals surface area contributed by atoms with Gasteiger partial charge in [-0.05, 0) is 18.8 Å². The number of aromatic nitrogens is 2. The van der Waals surface area contributed by atoms with Gasteiger partial charge in [-0.15, -0.1) is 0 Å². The Kier molecular flexibility index (Phi) is 4.59. The highest BCUT2D eigenvalue weighted by molar-refractivity contribution is 7.89. The zero-order chi connectivity index (χ0) is 13.9. The van der Waals surface area contributed by atoms with Crippen molar-refractivity contribution in [2.24, 2.45) is 5.92 Å². The Morgan fingerprint density at radius 1 is 1.58 bits per heavy atom. The van der Waals surface area contributed by atoms with Gasteiger partial charge in [0, 0.05) is 26.6 Å². The van der Waals surface area contributed by atoms with Crippen LogP contribution in [0.3, 0.4) is 0 Å². The normalized spacial score (nSPS) is 20.9. The van der Waals surface area contributed by atoms with Crippen LogP contribution in [0.2, 0.25) is 0 Å². The molecule has 0 saturated carbocycles. The maximum absolute atomic E-state index is 12.3. The van der Waals surface area contributed by atoms with E-state index in [1.807, 2.05) is 6.92 Å². The molecule has 2 heterocycles. The molecule has 0 radical (unpaired) electrons. The second-order valence-corrected chi connectivity index (χ2v) is 6.93. The van der Waals surface area contributed by atoms with Crippen LogP contribution in [0.15, 0.2) is 11.2 Å². The summed E-state index contributed by atoms with van der Waals surface area (Å²) in [6.07, 6.45) is 4.10. The summed E-state index contributed by atoms with van der Waals surface area (Å²) in [5.41, 5.74) is 0. The molecule has 1 saturated heterocycles. The summed E-state index contributed by atoms with van der Waals surface area (Å²) in [7, 11) is -1.86. The summed E-state index contributed by atoms with van der Waals surface area (Å²) in [4.78, 5) is 6.89. The van der Waals surface area contributed by atoms with Crippen LogP contribution < -0.4 is 0 Å².